The highest BCUT2D eigenvalue weighted by molar-refractivity contribution is 7.98. The van der Waals surface area contributed by atoms with Gasteiger partial charge in [0.2, 0.25) is 0 Å². The van der Waals surface area contributed by atoms with Crippen LogP contribution in [0, 0.1) is 6.92 Å². The van der Waals surface area contributed by atoms with Crippen molar-refractivity contribution in [2.24, 2.45) is 5.73 Å². The molecule has 0 radical (unpaired) electrons. The molecule has 0 saturated heterocycles. The van der Waals surface area contributed by atoms with E-state index in [2.05, 4.69) is 21.4 Å². The first-order valence-corrected chi connectivity index (χ1v) is 5.27. The molecule has 1 aromatic heterocycles. The molecule has 0 bridgehead atoms. The van der Waals surface area contributed by atoms with Gasteiger partial charge in [0.1, 0.15) is 5.82 Å². The van der Waals surface area contributed by atoms with Crippen LogP contribution in [0.2, 0.25) is 0 Å². The molecule has 0 aromatic carbocycles. The van der Waals surface area contributed by atoms with Crippen molar-refractivity contribution in [2.75, 3.05) is 12.0 Å². The average molecular weight is 186 g/mol. The van der Waals surface area contributed by atoms with Gasteiger partial charge in [0.15, 0.2) is 5.82 Å². The van der Waals surface area contributed by atoms with Crippen LogP contribution in [0.1, 0.15) is 24.1 Å². The zero-order valence-corrected chi connectivity index (χ0v) is 8.19. The summed E-state index contributed by atoms with van der Waals surface area (Å²) in [5.74, 6) is 2.60. The summed E-state index contributed by atoms with van der Waals surface area (Å²) in [6.45, 7) is 1.87. The lowest BCUT2D eigenvalue weighted by atomic mass is 10.2. The second kappa shape index (κ2) is 4.47. The maximum absolute atomic E-state index is 5.84. The van der Waals surface area contributed by atoms with Crippen molar-refractivity contribution in [1.29, 1.82) is 0 Å². The van der Waals surface area contributed by atoms with Gasteiger partial charge in [0, 0.05) is 0 Å². The molecule has 1 heterocycles. The van der Waals surface area contributed by atoms with Gasteiger partial charge in [0.05, 0.1) is 6.04 Å². The van der Waals surface area contributed by atoms with E-state index in [9.17, 15) is 0 Å². The molecule has 68 valence electrons. The number of rotatable bonds is 4. The Morgan fingerprint density at radius 2 is 2.42 bits per heavy atom. The molecule has 5 heteroatoms. The van der Waals surface area contributed by atoms with E-state index in [1.165, 1.54) is 0 Å². The molecule has 4 nitrogen and oxygen atoms in total. The first-order chi connectivity index (χ1) is 5.74. The fraction of sp³-hybridized carbons (Fsp3) is 0.714. The van der Waals surface area contributed by atoms with Crippen LogP contribution in [0.4, 0.5) is 0 Å². The van der Waals surface area contributed by atoms with E-state index in [1.54, 1.807) is 11.8 Å². The number of nitrogens with one attached hydrogen (secondary N) is 1. The van der Waals surface area contributed by atoms with Gasteiger partial charge in [-0.1, -0.05) is 0 Å². The Kier molecular flexibility index (Phi) is 3.55. The van der Waals surface area contributed by atoms with Crippen molar-refractivity contribution < 1.29 is 0 Å². The number of nitrogens with two attached hydrogens (primary N) is 1. The van der Waals surface area contributed by atoms with Crippen LogP contribution in [0.5, 0.6) is 0 Å². The standard InChI is InChI=1S/C7H14N4S/c1-5-9-7(11-10-5)6(8)3-4-12-2/h6H,3-4,8H2,1-2H3,(H,9,10,11)/t6-/m1/s1. The van der Waals surface area contributed by atoms with Crippen molar-refractivity contribution in [3.8, 4) is 0 Å². The molecule has 1 rings (SSSR count). The summed E-state index contributed by atoms with van der Waals surface area (Å²) in [5, 5.41) is 6.78. The lowest BCUT2D eigenvalue weighted by molar-refractivity contribution is 0.657. The van der Waals surface area contributed by atoms with Crippen LogP contribution in [0.15, 0.2) is 0 Å². The SMILES string of the molecule is CSCC[C@@H](N)c1n[nH]c(C)n1. The number of aryl methyl sites for hydroxylation is 1. The van der Waals surface area contributed by atoms with Gasteiger partial charge in [-0.25, -0.2) is 4.98 Å². The monoisotopic (exact) mass is 186 g/mol. The van der Waals surface area contributed by atoms with E-state index in [-0.39, 0.29) is 6.04 Å². The summed E-state index contributed by atoms with van der Waals surface area (Å²) < 4.78 is 0. The number of thioether (sulfide) groups is 1. The molecule has 3 N–H and O–H groups in total. The van der Waals surface area contributed by atoms with Crippen LogP contribution in [-0.2, 0) is 0 Å². The first-order valence-electron chi connectivity index (χ1n) is 3.87. The van der Waals surface area contributed by atoms with Gasteiger partial charge < -0.3 is 5.73 Å². The molecule has 1 atom stereocenters. The van der Waals surface area contributed by atoms with Crippen LogP contribution in [-0.4, -0.2) is 27.2 Å². The summed E-state index contributed by atoms with van der Waals surface area (Å²) >= 11 is 1.79. The van der Waals surface area contributed by atoms with Crippen molar-refractivity contribution in [2.45, 2.75) is 19.4 Å². The second-order valence-electron chi connectivity index (χ2n) is 2.67. The quantitative estimate of drug-likeness (QED) is 0.732. The van der Waals surface area contributed by atoms with Gasteiger partial charge in [0.25, 0.3) is 0 Å². The summed E-state index contributed by atoms with van der Waals surface area (Å²) in [7, 11) is 0. The topological polar surface area (TPSA) is 67.6 Å². The van der Waals surface area contributed by atoms with Crippen molar-refractivity contribution in [3.05, 3.63) is 11.6 Å². The van der Waals surface area contributed by atoms with E-state index in [4.69, 9.17) is 5.73 Å². The van der Waals surface area contributed by atoms with Crippen molar-refractivity contribution in [3.63, 3.8) is 0 Å². The van der Waals surface area contributed by atoms with E-state index in [1.807, 2.05) is 6.92 Å². The largest absolute Gasteiger partial charge is 0.321 e. The fourth-order valence-corrected chi connectivity index (χ4v) is 1.39. The number of aromatic nitrogens is 3. The predicted octanol–water partition coefficient (Wildman–Crippen LogP) is 0.866. The highest BCUT2D eigenvalue weighted by Gasteiger charge is 2.09. The smallest absolute Gasteiger partial charge is 0.167 e. The minimum absolute atomic E-state index is 0.0256. The van der Waals surface area contributed by atoms with E-state index in [0.29, 0.717) is 0 Å². The third-order valence-electron chi connectivity index (χ3n) is 1.58. The molecular weight excluding hydrogens is 172 g/mol. The molecule has 0 aliphatic carbocycles. The maximum atomic E-state index is 5.84. The number of hydrogen-bond acceptors (Lipinski definition) is 4. The van der Waals surface area contributed by atoms with Gasteiger partial charge >= 0.3 is 0 Å². The zero-order chi connectivity index (χ0) is 8.97. The minimum atomic E-state index is -0.0256. The van der Waals surface area contributed by atoms with Crippen LogP contribution >= 0.6 is 11.8 Å². The van der Waals surface area contributed by atoms with E-state index < -0.39 is 0 Å². The van der Waals surface area contributed by atoms with Crippen LogP contribution in [0.25, 0.3) is 0 Å². The maximum Gasteiger partial charge on any atom is 0.167 e. The second-order valence-corrected chi connectivity index (χ2v) is 3.65. The first kappa shape index (κ1) is 9.54. The Bertz CT molecular complexity index is 235. The Balaban J connectivity index is 2.47. The Hall–Kier alpha value is -0.550. The average Bonchev–Trinajstić information content (AvgIpc) is 2.47. The Morgan fingerprint density at radius 1 is 1.67 bits per heavy atom. The third kappa shape index (κ3) is 2.49. The number of H-pyrrole nitrogens is 1. The normalized spacial score (nSPS) is 13.2. The number of aromatic amines is 1. The molecule has 0 unspecified atom stereocenters. The molecule has 12 heavy (non-hydrogen) atoms. The van der Waals surface area contributed by atoms with Crippen LogP contribution in [0.3, 0.4) is 0 Å². The molecule has 1 aromatic rings. The summed E-state index contributed by atoms with van der Waals surface area (Å²) in [5.41, 5.74) is 5.84. The minimum Gasteiger partial charge on any atom is -0.321 e. The molecule has 0 fully saturated rings. The van der Waals surface area contributed by atoms with Crippen molar-refractivity contribution >= 4 is 11.8 Å². The third-order valence-corrected chi connectivity index (χ3v) is 2.22. The van der Waals surface area contributed by atoms with E-state index in [0.717, 1.165) is 23.8 Å². The fourth-order valence-electron chi connectivity index (χ4n) is 0.900. The van der Waals surface area contributed by atoms with Gasteiger partial charge in [-0.3, -0.25) is 5.10 Å². The number of nitrogens with zero attached hydrogens (tertiary/aromatic N) is 2. The molecule has 0 saturated carbocycles. The molecule has 0 aliphatic rings. The molecule has 0 spiro atoms. The molecule has 0 aliphatic heterocycles. The number of hydrogen-bond donors (Lipinski definition) is 2. The highest BCUT2D eigenvalue weighted by atomic mass is 32.2. The summed E-state index contributed by atoms with van der Waals surface area (Å²) in [4.78, 5) is 4.16. The van der Waals surface area contributed by atoms with E-state index >= 15 is 0 Å². The summed E-state index contributed by atoms with van der Waals surface area (Å²) in [6.07, 6.45) is 2.99. The molecule has 0 amide bonds. The highest BCUT2D eigenvalue weighted by Crippen LogP contribution is 2.11. The zero-order valence-electron chi connectivity index (χ0n) is 7.37. The van der Waals surface area contributed by atoms with Gasteiger partial charge in [-0.15, -0.1) is 0 Å². The Morgan fingerprint density at radius 3 is 2.92 bits per heavy atom. The Labute approximate surface area is 76.3 Å². The predicted molar refractivity (Wildman–Crippen MR) is 51.0 cm³/mol. The lowest BCUT2D eigenvalue weighted by Crippen LogP contribution is -2.12. The van der Waals surface area contributed by atoms with Gasteiger partial charge in [-0.2, -0.15) is 16.9 Å². The summed E-state index contributed by atoms with van der Waals surface area (Å²) in [6, 6.07) is -0.0256. The van der Waals surface area contributed by atoms with Crippen LogP contribution < -0.4 is 5.73 Å². The van der Waals surface area contributed by atoms with Crippen molar-refractivity contribution in [1.82, 2.24) is 15.2 Å². The lowest BCUT2D eigenvalue weighted by Gasteiger charge is -2.04. The van der Waals surface area contributed by atoms with Gasteiger partial charge in [-0.05, 0) is 25.4 Å². The molecular formula is C7H14N4S.